The van der Waals surface area contributed by atoms with Gasteiger partial charge in [-0.25, -0.2) is 0 Å². The number of aliphatic hydroxyl groups is 3. The number of aliphatic hydroxyl groups excluding tert-OH is 2. The minimum atomic E-state index is -1.21. The molecule has 2 atom stereocenters. The number of benzene rings is 1. The van der Waals surface area contributed by atoms with E-state index in [1.54, 1.807) is 18.2 Å². The van der Waals surface area contributed by atoms with Gasteiger partial charge in [-0.15, -0.1) is 0 Å². The molecule has 0 aliphatic rings. The van der Waals surface area contributed by atoms with Crippen LogP contribution in [0, 0.1) is 0 Å². The molecule has 0 aliphatic carbocycles. The fourth-order valence-electron chi connectivity index (χ4n) is 1.40. The molecule has 0 saturated heterocycles. The van der Waals surface area contributed by atoms with Crippen LogP contribution in [0.1, 0.15) is 6.92 Å². The maximum atomic E-state index is 9.73. The maximum absolute atomic E-state index is 9.73. The summed E-state index contributed by atoms with van der Waals surface area (Å²) in [6, 6.07) is 4.83. The Kier molecular flexibility index (Phi) is 7.02. The molecule has 0 spiro atoms. The largest absolute Gasteiger partial charge is 0.489 e. The predicted octanol–water partition coefficient (Wildman–Crippen LogP) is 1.07. The van der Waals surface area contributed by atoms with Gasteiger partial charge in [0.25, 0.3) is 0 Å². The molecule has 1 aromatic carbocycles. The molecular formula is C13H19Cl2NO4. The number of ether oxygens (including phenoxy) is 1. The summed E-state index contributed by atoms with van der Waals surface area (Å²) in [6.07, 6.45) is -0.778. The van der Waals surface area contributed by atoms with E-state index < -0.39 is 11.7 Å². The molecule has 1 rings (SSSR count). The van der Waals surface area contributed by atoms with Crippen LogP contribution in [0.4, 0.5) is 0 Å². The first-order valence-electron chi connectivity index (χ1n) is 6.14. The summed E-state index contributed by atoms with van der Waals surface area (Å²) in [7, 11) is 0. The normalized spacial score (nSPS) is 15.7. The summed E-state index contributed by atoms with van der Waals surface area (Å²) in [5.41, 5.74) is -1.21. The van der Waals surface area contributed by atoms with E-state index in [1.807, 2.05) is 0 Å². The zero-order chi connectivity index (χ0) is 15.2. The molecule has 4 N–H and O–H groups in total. The molecule has 20 heavy (non-hydrogen) atoms. The molecule has 114 valence electrons. The second kappa shape index (κ2) is 8.02. The molecule has 5 nitrogen and oxygen atoms in total. The summed E-state index contributed by atoms with van der Waals surface area (Å²) in [5.74, 6) is 0.403. The van der Waals surface area contributed by atoms with Crippen LogP contribution in [0.25, 0.3) is 0 Å². The Balaban J connectivity index is 2.33. The van der Waals surface area contributed by atoms with E-state index in [2.05, 4.69) is 5.32 Å². The lowest BCUT2D eigenvalue weighted by atomic mass is 10.1. The highest BCUT2D eigenvalue weighted by atomic mass is 35.5. The first-order chi connectivity index (χ1) is 9.34. The summed E-state index contributed by atoms with van der Waals surface area (Å²) >= 11 is 11.7. The van der Waals surface area contributed by atoms with Gasteiger partial charge in [0.05, 0.1) is 17.2 Å². The fourth-order valence-corrected chi connectivity index (χ4v) is 1.73. The van der Waals surface area contributed by atoms with Gasteiger partial charge in [0.15, 0.2) is 0 Å². The molecule has 0 bridgehead atoms. The molecular weight excluding hydrogens is 305 g/mol. The highest BCUT2D eigenvalue weighted by Gasteiger charge is 2.18. The molecule has 1 aromatic rings. The molecule has 2 unspecified atom stereocenters. The minimum absolute atomic E-state index is 0.0360. The van der Waals surface area contributed by atoms with Gasteiger partial charge >= 0.3 is 0 Å². The maximum Gasteiger partial charge on any atom is 0.139 e. The fraction of sp³-hybridized carbons (Fsp3) is 0.538. The Morgan fingerprint density at radius 3 is 2.75 bits per heavy atom. The smallest absolute Gasteiger partial charge is 0.139 e. The van der Waals surface area contributed by atoms with Crippen molar-refractivity contribution in [2.75, 3.05) is 26.3 Å². The van der Waals surface area contributed by atoms with Gasteiger partial charge < -0.3 is 25.4 Å². The minimum Gasteiger partial charge on any atom is -0.489 e. The van der Waals surface area contributed by atoms with Crippen LogP contribution in [-0.2, 0) is 0 Å². The van der Waals surface area contributed by atoms with Gasteiger partial charge in [-0.3, -0.25) is 0 Å². The third-order valence-corrected chi connectivity index (χ3v) is 3.10. The van der Waals surface area contributed by atoms with E-state index in [1.165, 1.54) is 6.92 Å². The van der Waals surface area contributed by atoms with E-state index in [0.717, 1.165) is 0 Å². The molecule has 0 fully saturated rings. The van der Waals surface area contributed by atoms with Gasteiger partial charge in [-0.05, 0) is 19.1 Å². The number of halogens is 2. The number of hydrogen-bond donors (Lipinski definition) is 4. The SMILES string of the molecule is CC(O)(CO)CNCC(O)COc1cc(Cl)ccc1Cl. The van der Waals surface area contributed by atoms with E-state index >= 15 is 0 Å². The van der Waals surface area contributed by atoms with Gasteiger partial charge in [-0.2, -0.15) is 0 Å². The van der Waals surface area contributed by atoms with Crippen molar-refractivity contribution in [3.05, 3.63) is 28.2 Å². The topological polar surface area (TPSA) is 82.0 Å². The second-order valence-electron chi connectivity index (χ2n) is 4.83. The standard InChI is InChI=1S/C13H19Cl2NO4/c1-13(19,8-17)7-16-5-10(18)6-20-12-4-9(14)2-3-11(12)15/h2-4,10,16-19H,5-8H2,1H3. The first kappa shape index (κ1) is 17.5. The van der Waals surface area contributed by atoms with Crippen molar-refractivity contribution in [3.8, 4) is 5.75 Å². The first-order valence-corrected chi connectivity index (χ1v) is 6.89. The van der Waals surface area contributed by atoms with Crippen LogP contribution in [0.2, 0.25) is 10.0 Å². The highest BCUT2D eigenvalue weighted by Crippen LogP contribution is 2.27. The predicted molar refractivity (Wildman–Crippen MR) is 78.5 cm³/mol. The van der Waals surface area contributed by atoms with Crippen LogP contribution < -0.4 is 10.1 Å². The van der Waals surface area contributed by atoms with E-state index in [9.17, 15) is 10.2 Å². The van der Waals surface area contributed by atoms with Gasteiger partial charge in [0.2, 0.25) is 0 Å². The molecule has 0 amide bonds. The van der Waals surface area contributed by atoms with Crippen LogP contribution >= 0.6 is 23.2 Å². The molecule has 0 heterocycles. The molecule has 0 saturated carbocycles. The van der Waals surface area contributed by atoms with E-state index in [4.69, 9.17) is 33.0 Å². The number of nitrogens with one attached hydrogen (secondary N) is 1. The Labute approximate surface area is 128 Å². The lowest BCUT2D eigenvalue weighted by Gasteiger charge is -2.22. The van der Waals surface area contributed by atoms with Gasteiger partial charge in [-0.1, -0.05) is 23.2 Å². The van der Waals surface area contributed by atoms with Crippen molar-refractivity contribution in [3.63, 3.8) is 0 Å². The van der Waals surface area contributed by atoms with Crippen LogP contribution in [-0.4, -0.2) is 53.3 Å². The molecule has 0 radical (unpaired) electrons. The van der Waals surface area contributed by atoms with E-state index in [0.29, 0.717) is 15.8 Å². The average molecular weight is 324 g/mol. The molecule has 0 aromatic heterocycles. The Hall–Kier alpha value is -0.560. The quantitative estimate of drug-likeness (QED) is 0.575. The summed E-state index contributed by atoms with van der Waals surface area (Å²) in [4.78, 5) is 0. The van der Waals surface area contributed by atoms with Crippen molar-refractivity contribution in [1.29, 1.82) is 0 Å². The van der Waals surface area contributed by atoms with Crippen molar-refractivity contribution in [2.45, 2.75) is 18.6 Å². The summed E-state index contributed by atoms with van der Waals surface area (Å²) in [5, 5.41) is 31.9. The molecule has 7 heteroatoms. The summed E-state index contributed by atoms with van der Waals surface area (Å²) in [6.45, 7) is 1.56. The third-order valence-electron chi connectivity index (χ3n) is 2.55. The zero-order valence-corrected chi connectivity index (χ0v) is 12.7. The van der Waals surface area contributed by atoms with Crippen molar-refractivity contribution in [2.24, 2.45) is 0 Å². The zero-order valence-electron chi connectivity index (χ0n) is 11.1. The number of hydrogen-bond acceptors (Lipinski definition) is 5. The van der Waals surface area contributed by atoms with Crippen molar-refractivity contribution < 1.29 is 20.1 Å². The van der Waals surface area contributed by atoms with Gasteiger partial charge in [0.1, 0.15) is 18.5 Å². The third kappa shape index (κ3) is 6.26. The van der Waals surface area contributed by atoms with Crippen molar-refractivity contribution in [1.82, 2.24) is 5.32 Å². The second-order valence-corrected chi connectivity index (χ2v) is 5.67. The Morgan fingerprint density at radius 1 is 1.40 bits per heavy atom. The lowest BCUT2D eigenvalue weighted by molar-refractivity contribution is -0.000323. The van der Waals surface area contributed by atoms with Crippen LogP contribution in [0.15, 0.2) is 18.2 Å². The number of rotatable bonds is 8. The Bertz CT molecular complexity index is 429. The lowest BCUT2D eigenvalue weighted by Crippen LogP contribution is -2.44. The monoisotopic (exact) mass is 323 g/mol. The summed E-state index contributed by atoms with van der Waals surface area (Å²) < 4.78 is 5.37. The van der Waals surface area contributed by atoms with Crippen LogP contribution in [0.3, 0.4) is 0 Å². The molecule has 0 aliphatic heterocycles. The van der Waals surface area contributed by atoms with Gasteiger partial charge in [0, 0.05) is 24.2 Å². The van der Waals surface area contributed by atoms with E-state index in [-0.39, 0.29) is 26.3 Å². The van der Waals surface area contributed by atoms with Crippen molar-refractivity contribution >= 4 is 23.2 Å². The highest BCUT2D eigenvalue weighted by molar-refractivity contribution is 6.34. The average Bonchev–Trinajstić information content (AvgIpc) is 2.39. The van der Waals surface area contributed by atoms with Crippen LogP contribution in [0.5, 0.6) is 5.75 Å². The Morgan fingerprint density at radius 2 is 2.10 bits per heavy atom.